The zero-order chi connectivity index (χ0) is 18.2. The molecule has 1 aromatic rings. The molecule has 25 heavy (non-hydrogen) atoms. The molecule has 2 aliphatic heterocycles. The summed E-state index contributed by atoms with van der Waals surface area (Å²) in [5.74, 6) is -1.43. The lowest BCUT2D eigenvalue weighted by Gasteiger charge is -2.25. The minimum Gasteiger partial charge on any atom is -0.481 e. The van der Waals surface area contributed by atoms with E-state index in [0.717, 1.165) is 5.56 Å². The molecule has 6 nitrogen and oxygen atoms in total. The second-order valence-corrected chi connectivity index (χ2v) is 9.22. The maximum Gasteiger partial charge on any atom is 0.312 e. The number of carbonyl (C=O) groups is 1. The van der Waals surface area contributed by atoms with Crippen molar-refractivity contribution in [3.05, 3.63) is 35.6 Å². The van der Waals surface area contributed by atoms with Crippen LogP contribution in [-0.2, 0) is 21.2 Å². The van der Waals surface area contributed by atoms with Crippen molar-refractivity contribution in [1.29, 1.82) is 0 Å². The van der Waals surface area contributed by atoms with Crippen LogP contribution in [0.1, 0.15) is 12.5 Å². The van der Waals surface area contributed by atoms with Gasteiger partial charge in [-0.25, -0.2) is 17.1 Å². The molecule has 0 amide bonds. The zero-order valence-corrected chi connectivity index (χ0v) is 15.0. The van der Waals surface area contributed by atoms with E-state index >= 15 is 0 Å². The summed E-state index contributed by atoms with van der Waals surface area (Å²) in [5.41, 5.74) is -0.166. The number of hydrogen-bond donors (Lipinski definition) is 1. The van der Waals surface area contributed by atoms with Crippen molar-refractivity contribution in [3.63, 3.8) is 0 Å². The molecular weight excluding hydrogens is 347 g/mol. The van der Waals surface area contributed by atoms with Crippen molar-refractivity contribution in [2.45, 2.75) is 13.3 Å². The minimum atomic E-state index is -3.38. The number of sulfonamides is 1. The van der Waals surface area contributed by atoms with Gasteiger partial charge in [-0.3, -0.25) is 4.79 Å². The normalized spacial score (nSPS) is 27.5. The molecule has 2 aliphatic rings. The number of benzene rings is 1. The molecular formula is C17H23FN2O4S. The quantitative estimate of drug-likeness (QED) is 0.809. The van der Waals surface area contributed by atoms with Crippen LogP contribution in [0.4, 0.5) is 4.39 Å². The topological polar surface area (TPSA) is 77.9 Å². The standard InChI is InChI=1S/C17H23FN2O4S/c1-2-25(23,24)20-10-14-9-19(11-17(14,12-20)16(21)22)7-6-13-4-3-5-15(18)8-13/h3-5,8,14H,2,6-7,9-12H2,1H3,(H,21,22)/t14-,17-/m1/s1. The Morgan fingerprint density at radius 1 is 1.36 bits per heavy atom. The highest BCUT2D eigenvalue weighted by molar-refractivity contribution is 7.89. The van der Waals surface area contributed by atoms with E-state index in [0.29, 0.717) is 26.1 Å². The van der Waals surface area contributed by atoms with Gasteiger partial charge in [-0.2, -0.15) is 0 Å². The lowest BCUT2D eigenvalue weighted by atomic mass is 9.81. The summed E-state index contributed by atoms with van der Waals surface area (Å²) in [6.07, 6.45) is 0.636. The first kappa shape index (κ1) is 18.3. The number of nitrogens with zero attached hydrogens (tertiary/aromatic N) is 2. The lowest BCUT2D eigenvalue weighted by Crippen LogP contribution is -2.42. The van der Waals surface area contributed by atoms with Gasteiger partial charge in [0.1, 0.15) is 5.82 Å². The Balaban J connectivity index is 1.68. The number of rotatable bonds is 6. The number of aliphatic carboxylic acids is 1. The fraction of sp³-hybridized carbons (Fsp3) is 0.588. The van der Waals surface area contributed by atoms with Gasteiger partial charge in [0.2, 0.25) is 10.0 Å². The summed E-state index contributed by atoms with van der Waals surface area (Å²) >= 11 is 0. The number of carboxylic acid groups (broad SMARTS) is 1. The third kappa shape index (κ3) is 3.43. The van der Waals surface area contributed by atoms with Crippen molar-refractivity contribution < 1.29 is 22.7 Å². The molecule has 0 unspecified atom stereocenters. The molecule has 2 atom stereocenters. The summed E-state index contributed by atoms with van der Waals surface area (Å²) in [4.78, 5) is 14.0. The predicted molar refractivity (Wildman–Crippen MR) is 91.1 cm³/mol. The van der Waals surface area contributed by atoms with E-state index in [2.05, 4.69) is 4.90 Å². The van der Waals surface area contributed by atoms with Crippen LogP contribution in [0.2, 0.25) is 0 Å². The van der Waals surface area contributed by atoms with Gasteiger partial charge in [0.05, 0.1) is 11.2 Å². The third-order valence-corrected chi connectivity index (χ3v) is 7.23. The van der Waals surface area contributed by atoms with Gasteiger partial charge in [0, 0.05) is 38.6 Å². The fourth-order valence-electron chi connectivity index (χ4n) is 3.97. The Morgan fingerprint density at radius 3 is 2.72 bits per heavy atom. The maximum atomic E-state index is 13.3. The first-order valence-electron chi connectivity index (χ1n) is 8.45. The molecule has 0 aliphatic carbocycles. The number of likely N-dealkylation sites (tertiary alicyclic amines) is 1. The first-order chi connectivity index (χ1) is 11.8. The van der Waals surface area contributed by atoms with Crippen LogP contribution in [0.15, 0.2) is 24.3 Å². The van der Waals surface area contributed by atoms with Gasteiger partial charge >= 0.3 is 5.97 Å². The molecule has 138 valence electrons. The highest BCUT2D eigenvalue weighted by Crippen LogP contribution is 2.43. The Kier molecular flexibility index (Phi) is 4.87. The van der Waals surface area contributed by atoms with E-state index in [1.165, 1.54) is 16.4 Å². The average Bonchev–Trinajstić information content (AvgIpc) is 3.08. The molecule has 0 bridgehead atoms. The van der Waals surface area contributed by atoms with E-state index in [1.54, 1.807) is 13.0 Å². The predicted octanol–water partition coefficient (Wildman–Crippen LogP) is 1.04. The van der Waals surface area contributed by atoms with Crippen LogP contribution in [0, 0.1) is 17.2 Å². The van der Waals surface area contributed by atoms with Crippen LogP contribution in [0.3, 0.4) is 0 Å². The van der Waals surface area contributed by atoms with Crippen molar-refractivity contribution >= 4 is 16.0 Å². The highest BCUT2D eigenvalue weighted by Gasteiger charge is 2.59. The molecule has 1 N–H and O–H groups in total. The summed E-state index contributed by atoms with van der Waals surface area (Å²) in [6, 6.07) is 6.39. The van der Waals surface area contributed by atoms with Crippen molar-refractivity contribution in [2.24, 2.45) is 11.3 Å². The Bertz CT molecular complexity index is 770. The maximum absolute atomic E-state index is 13.3. The molecule has 8 heteroatoms. The number of fused-ring (bicyclic) bond motifs is 1. The molecule has 2 heterocycles. The number of carboxylic acids is 1. The monoisotopic (exact) mass is 370 g/mol. The van der Waals surface area contributed by atoms with Gasteiger partial charge in [0.25, 0.3) is 0 Å². The van der Waals surface area contributed by atoms with Crippen molar-refractivity contribution in [3.8, 4) is 0 Å². The summed E-state index contributed by atoms with van der Waals surface area (Å²) in [6.45, 7) is 3.39. The molecule has 0 saturated carbocycles. The smallest absolute Gasteiger partial charge is 0.312 e. The summed E-state index contributed by atoms with van der Waals surface area (Å²) in [5, 5.41) is 9.77. The Labute approximate surface area is 147 Å². The summed E-state index contributed by atoms with van der Waals surface area (Å²) < 4.78 is 38.8. The van der Waals surface area contributed by atoms with Gasteiger partial charge in [-0.1, -0.05) is 12.1 Å². The highest BCUT2D eigenvalue weighted by atomic mass is 32.2. The largest absolute Gasteiger partial charge is 0.481 e. The molecule has 0 spiro atoms. The van der Waals surface area contributed by atoms with Crippen LogP contribution >= 0.6 is 0 Å². The Hall–Kier alpha value is -1.51. The molecule has 0 radical (unpaired) electrons. The van der Waals surface area contributed by atoms with Crippen LogP contribution in [0.25, 0.3) is 0 Å². The van der Waals surface area contributed by atoms with E-state index in [9.17, 15) is 22.7 Å². The SMILES string of the molecule is CCS(=O)(=O)N1C[C@H]2CN(CCc3cccc(F)c3)C[C@@]2(C(=O)O)C1. The zero-order valence-electron chi connectivity index (χ0n) is 14.2. The summed E-state index contributed by atoms with van der Waals surface area (Å²) in [7, 11) is -3.38. The number of hydrogen-bond acceptors (Lipinski definition) is 4. The Morgan fingerprint density at radius 2 is 2.12 bits per heavy atom. The molecule has 2 saturated heterocycles. The molecule has 2 fully saturated rings. The average molecular weight is 370 g/mol. The van der Waals surface area contributed by atoms with Gasteiger partial charge in [-0.05, 0) is 31.0 Å². The van der Waals surface area contributed by atoms with E-state index in [4.69, 9.17) is 0 Å². The molecule has 1 aromatic carbocycles. The van der Waals surface area contributed by atoms with Crippen LogP contribution in [-0.4, -0.2) is 67.2 Å². The van der Waals surface area contributed by atoms with Gasteiger partial charge in [-0.15, -0.1) is 0 Å². The lowest BCUT2D eigenvalue weighted by molar-refractivity contribution is -0.148. The molecule has 3 rings (SSSR count). The number of halogens is 1. The van der Waals surface area contributed by atoms with E-state index in [1.807, 2.05) is 6.07 Å². The molecule has 0 aromatic heterocycles. The minimum absolute atomic E-state index is 0.0152. The van der Waals surface area contributed by atoms with Crippen molar-refractivity contribution in [2.75, 3.05) is 38.5 Å². The van der Waals surface area contributed by atoms with Crippen LogP contribution < -0.4 is 0 Å². The van der Waals surface area contributed by atoms with E-state index < -0.39 is 21.4 Å². The van der Waals surface area contributed by atoms with Crippen LogP contribution in [0.5, 0.6) is 0 Å². The second kappa shape index (κ2) is 6.66. The van der Waals surface area contributed by atoms with Crippen molar-refractivity contribution in [1.82, 2.24) is 9.21 Å². The van der Waals surface area contributed by atoms with E-state index in [-0.39, 0.29) is 30.6 Å². The second-order valence-electron chi connectivity index (χ2n) is 6.97. The van der Waals surface area contributed by atoms with Gasteiger partial charge < -0.3 is 10.0 Å². The first-order valence-corrected chi connectivity index (χ1v) is 10.1. The fourth-order valence-corrected chi connectivity index (χ4v) is 5.17. The third-order valence-electron chi connectivity index (χ3n) is 5.44. The van der Waals surface area contributed by atoms with Gasteiger partial charge in [0.15, 0.2) is 0 Å².